The molecule has 0 aliphatic carbocycles. The maximum absolute atomic E-state index is 12.9. The molecule has 120 valence electrons. The number of benzene rings is 1. The first kappa shape index (κ1) is 13.6. The van der Waals surface area contributed by atoms with Crippen LogP contribution in [0.2, 0.25) is 0 Å². The monoisotopic (exact) mass is 311 g/mol. The Morgan fingerprint density at radius 3 is 2.04 bits per heavy atom. The molecular weight excluding hydrogens is 290 g/mol. The number of amides is 1. The lowest BCUT2D eigenvalue weighted by Gasteiger charge is -2.29. The van der Waals surface area contributed by atoms with Gasteiger partial charge in [-0.1, -0.05) is 36.4 Å². The van der Waals surface area contributed by atoms with Gasteiger partial charge in [0.15, 0.2) is 0 Å². The van der Waals surface area contributed by atoms with Gasteiger partial charge in [0.1, 0.15) is 5.60 Å². The second kappa shape index (κ2) is 4.18. The summed E-state index contributed by atoms with van der Waals surface area (Å²) in [6, 6.07) is 8.59. The van der Waals surface area contributed by atoms with Gasteiger partial charge in [0.05, 0.1) is 24.3 Å². The minimum atomic E-state index is -0.478. The maximum atomic E-state index is 12.9. The zero-order valence-corrected chi connectivity index (χ0v) is 13.6. The molecule has 0 N–H and O–H groups in total. The average molecular weight is 311 g/mol. The molecule has 1 amide bonds. The SMILES string of the molecule is CC(C)(C)OC(=O)N1[C@@H]2c3ccccc3[C@H]1[C@H]1[C@@H]2[C@@H]2C=C[C@H]1O2. The standard InChI is InChI=1S/C19H21NO3/c1-19(2,3)23-18(21)20-16-10-6-4-5-7-11(10)17(20)15-13-9-8-12(22-13)14(15)16/h4-9,12-17H,1-3H3/t12-,13+,14-,15+,16+,17-. The fourth-order valence-electron chi connectivity index (χ4n) is 5.00. The molecule has 1 aromatic rings. The summed E-state index contributed by atoms with van der Waals surface area (Å²) < 4.78 is 11.8. The van der Waals surface area contributed by atoms with Gasteiger partial charge in [-0.3, -0.25) is 4.90 Å². The zero-order valence-electron chi connectivity index (χ0n) is 13.6. The van der Waals surface area contributed by atoms with Gasteiger partial charge in [-0.2, -0.15) is 0 Å². The van der Waals surface area contributed by atoms with E-state index in [0.717, 1.165) is 0 Å². The topological polar surface area (TPSA) is 38.8 Å². The van der Waals surface area contributed by atoms with E-state index in [1.165, 1.54) is 11.1 Å². The van der Waals surface area contributed by atoms with Crippen molar-refractivity contribution in [2.45, 2.75) is 50.7 Å². The Morgan fingerprint density at radius 1 is 1.04 bits per heavy atom. The maximum Gasteiger partial charge on any atom is 0.411 e. The first-order valence-electron chi connectivity index (χ1n) is 8.40. The molecule has 2 fully saturated rings. The molecule has 4 nitrogen and oxygen atoms in total. The van der Waals surface area contributed by atoms with Crippen LogP contribution in [0.5, 0.6) is 0 Å². The Balaban J connectivity index is 1.59. The molecule has 0 unspecified atom stereocenters. The molecule has 4 bridgehead atoms. The number of fused-ring (bicyclic) bond motifs is 12. The Morgan fingerprint density at radius 2 is 1.57 bits per heavy atom. The van der Waals surface area contributed by atoms with Gasteiger partial charge in [0.25, 0.3) is 0 Å². The summed E-state index contributed by atoms with van der Waals surface area (Å²) in [4.78, 5) is 14.9. The number of rotatable bonds is 0. The summed E-state index contributed by atoms with van der Waals surface area (Å²) >= 11 is 0. The van der Waals surface area contributed by atoms with Crippen LogP contribution >= 0.6 is 0 Å². The average Bonchev–Trinajstić information content (AvgIpc) is 3.22. The third-order valence-electron chi connectivity index (χ3n) is 5.57. The van der Waals surface area contributed by atoms with Crippen molar-refractivity contribution in [1.82, 2.24) is 4.90 Å². The molecule has 2 saturated heterocycles. The van der Waals surface area contributed by atoms with E-state index in [0.29, 0.717) is 11.8 Å². The van der Waals surface area contributed by atoms with E-state index in [9.17, 15) is 4.79 Å². The zero-order chi connectivity index (χ0) is 15.9. The van der Waals surface area contributed by atoms with Crippen LogP contribution in [0.15, 0.2) is 36.4 Å². The molecule has 0 aromatic heterocycles. The van der Waals surface area contributed by atoms with E-state index in [-0.39, 0.29) is 30.4 Å². The first-order chi connectivity index (χ1) is 11.0. The van der Waals surface area contributed by atoms with Crippen molar-refractivity contribution < 1.29 is 14.3 Å². The highest BCUT2D eigenvalue weighted by molar-refractivity contribution is 5.73. The van der Waals surface area contributed by atoms with Crippen molar-refractivity contribution in [3.05, 3.63) is 47.5 Å². The minimum absolute atomic E-state index is 0.0796. The number of hydrogen-bond acceptors (Lipinski definition) is 3. The van der Waals surface area contributed by atoms with Crippen LogP contribution in [0.3, 0.4) is 0 Å². The van der Waals surface area contributed by atoms with Crippen molar-refractivity contribution in [2.24, 2.45) is 11.8 Å². The largest absolute Gasteiger partial charge is 0.444 e. The van der Waals surface area contributed by atoms with Gasteiger partial charge >= 0.3 is 6.09 Å². The minimum Gasteiger partial charge on any atom is -0.444 e. The number of carbonyl (C=O) groups is 1. The predicted octanol–water partition coefficient (Wildman–Crippen LogP) is 3.60. The van der Waals surface area contributed by atoms with Crippen LogP contribution in [-0.4, -0.2) is 28.8 Å². The first-order valence-corrected chi connectivity index (χ1v) is 8.40. The Labute approximate surface area is 136 Å². The van der Waals surface area contributed by atoms with Gasteiger partial charge in [0.2, 0.25) is 0 Å². The van der Waals surface area contributed by atoms with E-state index in [4.69, 9.17) is 9.47 Å². The Kier molecular flexibility index (Phi) is 2.47. The number of ether oxygens (including phenoxy) is 2. The summed E-state index contributed by atoms with van der Waals surface area (Å²) in [5, 5.41) is 0. The number of carbonyl (C=O) groups excluding carboxylic acids is 1. The highest BCUT2D eigenvalue weighted by atomic mass is 16.6. The van der Waals surface area contributed by atoms with Crippen LogP contribution < -0.4 is 0 Å². The summed E-state index contributed by atoms with van der Waals surface area (Å²) in [7, 11) is 0. The third-order valence-corrected chi connectivity index (χ3v) is 5.57. The Bertz CT molecular complexity index is 675. The molecule has 4 aliphatic rings. The van der Waals surface area contributed by atoms with Crippen molar-refractivity contribution in [1.29, 1.82) is 0 Å². The van der Waals surface area contributed by atoms with Crippen molar-refractivity contribution in [3.63, 3.8) is 0 Å². The van der Waals surface area contributed by atoms with Gasteiger partial charge in [-0.05, 0) is 31.9 Å². The molecule has 4 heteroatoms. The van der Waals surface area contributed by atoms with E-state index in [1.807, 2.05) is 25.7 Å². The van der Waals surface area contributed by atoms with Crippen LogP contribution in [0.1, 0.15) is 44.0 Å². The molecule has 1 aromatic carbocycles. The van der Waals surface area contributed by atoms with Gasteiger partial charge in [-0.15, -0.1) is 0 Å². The molecule has 0 saturated carbocycles. The summed E-state index contributed by atoms with van der Waals surface area (Å²) in [5.41, 5.74) is 2.07. The van der Waals surface area contributed by atoms with Gasteiger partial charge < -0.3 is 9.47 Å². The summed E-state index contributed by atoms with van der Waals surface area (Å²) in [5.74, 6) is 0.717. The highest BCUT2D eigenvalue weighted by Gasteiger charge is 2.66. The van der Waals surface area contributed by atoms with Crippen molar-refractivity contribution >= 4 is 6.09 Å². The number of nitrogens with zero attached hydrogens (tertiary/aromatic N) is 1. The summed E-state index contributed by atoms with van der Waals surface area (Å²) in [6.45, 7) is 5.77. The normalized spacial score (nSPS) is 38.8. The molecule has 5 rings (SSSR count). The molecular formula is C19H21NO3. The van der Waals surface area contributed by atoms with E-state index in [1.54, 1.807) is 0 Å². The quantitative estimate of drug-likeness (QED) is 0.687. The number of hydrogen-bond donors (Lipinski definition) is 0. The molecule has 0 spiro atoms. The highest BCUT2D eigenvalue weighted by Crippen LogP contribution is 2.66. The van der Waals surface area contributed by atoms with Crippen molar-refractivity contribution in [2.75, 3.05) is 0 Å². The van der Waals surface area contributed by atoms with Gasteiger partial charge in [-0.25, -0.2) is 4.79 Å². The van der Waals surface area contributed by atoms with Crippen LogP contribution in [0.25, 0.3) is 0 Å². The Hall–Kier alpha value is -1.81. The van der Waals surface area contributed by atoms with E-state index < -0.39 is 5.60 Å². The fourth-order valence-corrected chi connectivity index (χ4v) is 5.00. The lowest BCUT2D eigenvalue weighted by molar-refractivity contribution is 0.00453. The van der Waals surface area contributed by atoms with Crippen LogP contribution in [0.4, 0.5) is 4.79 Å². The molecule has 4 heterocycles. The van der Waals surface area contributed by atoms with Crippen LogP contribution in [-0.2, 0) is 9.47 Å². The molecule has 4 aliphatic heterocycles. The van der Waals surface area contributed by atoms with Crippen molar-refractivity contribution in [3.8, 4) is 0 Å². The van der Waals surface area contributed by atoms with E-state index in [2.05, 4.69) is 36.4 Å². The second-order valence-corrected chi connectivity index (χ2v) is 8.01. The molecule has 23 heavy (non-hydrogen) atoms. The molecule has 0 radical (unpaired) electrons. The van der Waals surface area contributed by atoms with E-state index >= 15 is 0 Å². The van der Waals surface area contributed by atoms with Crippen LogP contribution in [0, 0.1) is 11.8 Å². The molecule has 6 atom stereocenters. The lowest BCUT2D eigenvalue weighted by Crippen LogP contribution is -2.37. The second-order valence-electron chi connectivity index (χ2n) is 8.01. The fraction of sp³-hybridized carbons (Fsp3) is 0.526. The summed E-state index contributed by atoms with van der Waals surface area (Å²) in [6.07, 6.45) is 4.42. The lowest BCUT2D eigenvalue weighted by atomic mass is 9.71. The third kappa shape index (κ3) is 1.67. The van der Waals surface area contributed by atoms with Gasteiger partial charge in [0, 0.05) is 11.8 Å². The predicted molar refractivity (Wildman–Crippen MR) is 84.8 cm³/mol. The smallest absolute Gasteiger partial charge is 0.411 e.